The standard InChI is InChI=1S/C26H28FN3O2S/c1-29(2)23-13-12-22(28-25(31)19-5-3-6-19)15-20(23)17-30(26(32)24-7-4-14-33-24)16-18-8-10-21(27)11-9-18/h4,7-15,19H,3,5-6,16-17H2,1-2H3,(H,28,31). The highest BCUT2D eigenvalue weighted by Gasteiger charge is 2.25. The molecule has 33 heavy (non-hydrogen) atoms. The first kappa shape index (κ1) is 23.0. The normalized spacial score (nSPS) is 13.3. The zero-order chi connectivity index (χ0) is 23.4. The largest absolute Gasteiger partial charge is 0.377 e. The van der Waals surface area contributed by atoms with Crippen molar-refractivity contribution in [3.8, 4) is 0 Å². The molecule has 1 saturated carbocycles. The molecule has 1 fully saturated rings. The average molecular weight is 466 g/mol. The highest BCUT2D eigenvalue weighted by molar-refractivity contribution is 7.12. The molecular weight excluding hydrogens is 437 g/mol. The maximum absolute atomic E-state index is 13.4. The molecule has 172 valence electrons. The number of halogens is 1. The van der Waals surface area contributed by atoms with Gasteiger partial charge in [0, 0.05) is 44.5 Å². The zero-order valence-electron chi connectivity index (χ0n) is 18.9. The van der Waals surface area contributed by atoms with Crippen LogP contribution in [0.3, 0.4) is 0 Å². The van der Waals surface area contributed by atoms with Gasteiger partial charge in [0.25, 0.3) is 5.91 Å². The van der Waals surface area contributed by atoms with Crippen molar-refractivity contribution in [1.29, 1.82) is 0 Å². The Labute approximate surface area is 197 Å². The van der Waals surface area contributed by atoms with Crippen LogP contribution in [0, 0.1) is 11.7 Å². The average Bonchev–Trinajstić information content (AvgIpc) is 3.28. The first-order valence-electron chi connectivity index (χ1n) is 11.1. The maximum Gasteiger partial charge on any atom is 0.264 e. The Morgan fingerprint density at radius 3 is 2.42 bits per heavy atom. The van der Waals surface area contributed by atoms with Gasteiger partial charge >= 0.3 is 0 Å². The van der Waals surface area contributed by atoms with Gasteiger partial charge < -0.3 is 15.1 Å². The van der Waals surface area contributed by atoms with Crippen molar-refractivity contribution in [2.24, 2.45) is 5.92 Å². The van der Waals surface area contributed by atoms with Crippen LogP contribution >= 0.6 is 11.3 Å². The summed E-state index contributed by atoms with van der Waals surface area (Å²) in [6.45, 7) is 0.706. The van der Waals surface area contributed by atoms with E-state index in [1.165, 1.54) is 23.5 Å². The van der Waals surface area contributed by atoms with Crippen LogP contribution in [0.4, 0.5) is 15.8 Å². The first-order valence-corrected chi connectivity index (χ1v) is 12.0. The van der Waals surface area contributed by atoms with Crippen molar-refractivity contribution < 1.29 is 14.0 Å². The number of hydrogen-bond acceptors (Lipinski definition) is 4. The van der Waals surface area contributed by atoms with Gasteiger partial charge in [0.2, 0.25) is 5.91 Å². The molecule has 7 heteroatoms. The van der Waals surface area contributed by atoms with E-state index in [4.69, 9.17) is 0 Å². The van der Waals surface area contributed by atoms with Gasteiger partial charge in [0.15, 0.2) is 0 Å². The Morgan fingerprint density at radius 2 is 1.82 bits per heavy atom. The zero-order valence-corrected chi connectivity index (χ0v) is 19.7. The summed E-state index contributed by atoms with van der Waals surface area (Å²) >= 11 is 1.40. The maximum atomic E-state index is 13.4. The molecule has 1 aromatic heterocycles. The highest BCUT2D eigenvalue weighted by atomic mass is 32.1. The molecule has 5 nitrogen and oxygen atoms in total. The van der Waals surface area contributed by atoms with Crippen molar-refractivity contribution in [3.05, 3.63) is 81.8 Å². The van der Waals surface area contributed by atoms with Gasteiger partial charge in [-0.15, -0.1) is 11.3 Å². The summed E-state index contributed by atoms with van der Waals surface area (Å²) in [7, 11) is 3.91. The molecule has 0 aliphatic heterocycles. The number of carbonyl (C=O) groups is 2. The Hall–Kier alpha value is -3.19. The molecule has 2 aromatic carbocycles. The number of nitrogens with zero attached hydrogens (tertiary/aromatic N) is 2. The number of nitrogens with one attached hydrogen (secondary N) is 1. The lowest BCUT2D eigenvalue weighted by Crippen LogP contribution is -2.31. The van der Waals surface area contributed by atoms with Gasteiger partial charge in [0.1, 0.15) is 5.82 Å². The van der Waals surface area contributed by atoms with Crippen molar-refractivity contribution >= 4 is 34.5 Å². The van der Waals surface area contributed by atoms with Gasteiger partial charge in [-0.1, -0.05) is 24.6 Å². The monoisotopic (exact) mass is 465 g/mol. The van der Waals surface area contributed by atoms with Gasteiger partial charge in [-0.2, -0.15) is 0 Å². The van der Waals surface area contributed by atoms with Crippen LogP contribution in [0.1, 0.15) is 40.1 Å². The SMILES string of the molecule is CN(C)c1ccc(NC(=O)C2CCC2)cc1CN(Cc1ccc(F)cc1)C(=O)c1cccs1. The van der Waals surface area contributed by atoms with E-state index in [2.05, 4.69) is 5.32 Å². The molecule has 0 radical (unpaired) electrons. The summed E-state index contributed by atoms with van der Waals surface area (Å²) in [6.07, 6.45) is 2.98. The number of benzene rings is 2. The molecule has 0 bridgehead atoms. The van der Waals surface area contributed by atoms with Crippen LogP contribution in [0.5, 0.6) is 0 Å². The molecule has 0 saturated heterocycles. The van der Waals surface area contributed by atoms with Crippen LogP contribution in [-0.4, -0.2) is 30.8 Å². The Kier molecular flexibility index (Phi) is 7.08. The second-order valence-electron chi connectivity index (χ2n) is 8.62. The van der Waals surface area contributed by atoms with E-state index in [9.17, 15) is 14.0 Å². The van der Waals surface area contributed by atoms with Crippen molar-refractivity contribution in [2.75, 3.05) is 24.3 Å². The second kappa shape index (κ2) is 10.2. The van der Waals surface area contributed by atoms with Crippen molar-refractivity contribution in [3.63, 3.8) is 0 Å². The van der Waals surface area contributed by atoms with Gasteiger partial charge in [-0.05, 0) is 65.7 Å². The molecule has 4 rings (SSSR count). The fourth-order valence-corrected chi connectivity index (χ4v) is 4.60. The molecule has 1 heterocycles. The van der Waals surface area contributed by atoms with E-state index >= 15 is 0 Å². The Morgan fingerprint density at radius 1 is 1.06 bits per heavy atom. The fourth-order valence-electron chi connectivity index (χ4n) is 3.91. The minimum Gasteiger partial charge on any atom is -0.377 e. The van der Waals surface area contributed by atoms with Gasteiger partial charge in [-0.25, -0.2) is 4.39 Å². The van der Waals surface area contributed by atoms with E-state index in [0.29, 0.717) is 18.0 Å². The number of hydrogen-bond donors (Lipinski definition) is 1. The quantitative estimate of drug-likeness (QED) is 0.476. The van der Waals surface area contributed by atoms with Crippen molar-refractivity contribution in [2.45, 2.75) is 32.4 Å². The van der Waals surface area contributed by atoms with E-state index in [1.807, 2.05) is 54.7 Å². The van der Waals surface area contributed by atoms with E-state index in [1.54, 1.807) is 17.0 Å². The third-order valence-electron chi connectivity index (χ3n) is 5.97. The topological polar surface area (TPSA) is 52.7 Å². The van der Waals surface area contributed by atoms with Crippen LogP contribution < -0.4 is 10.2 Å². The third kappa shape index (κ3) is 5.60. The predicted octanol–water partition coefficient (Wildman–Crippen LogP) is 5.53. The van der Waals surface area contributed by atoms with Crippen LogP contribution in [0.2, 0.25) is 0 Å². The van der Waals surface area contributed by atoms with Gasteiger partial charge in [0.05, 0.1) is 4.88 Å². The number of thiophene rings is 1. The summed E-state index contributed by atoms with van der Waals surface area (Å²) in [5, 5.41) is 4.92. The molecule has 2 amide bonds. The molecule has 1 N–H and O–H groups in total. The summed E-state index contributed by atoms with van der Waals surface area (Å²) in [6, 6.07) is 15.7. The van der Waals surface area contributed by atoms with Crippen LogP contribution in [-0.2, 0) is 17.9 Å². The third-order valence-corrected chi connectivity index (χ3v) is 6.83. The minimum atomic E-state index is -0.306. The Bertz CT molecular complexity index is 1110. The second-order valence-corrected chi connectivity index (χ2v) is 9.57. The predicted molar refractivity (Wildman–Crippen MR) is 131 cm³/mol. The molecule has 0 unspecified atom stereocenters. The lowest BCUT2D eigenvalue weighted by Gasteiger charge is -2.27. The Balaban J connectivity index is 1.62. The minimum absolute atomic E-state index is 0.0580. The highest BCUT2D eigenvalue weighted by Crippen LogP contribution is 2.30. The molecular formula is C26H28FN3O2S. The van der Waals surface area contributed by atoms with E-state index in [0.717, 1.165) is 41.8 Å². The molecule has 0 atom stereocenters. The fraction of sp³-hybridized carbons (Fsp3) is 0.308. The lowest BCUT2D eigenvalue weighted by molar-refractivity contribution is -0.122. The summed E-state index contributed by atoms with van der Waals surface area (Å²) < 4.78 is 13.4. The molecule has 1 aliphatic carbocycles. The van der Waals surface area contributed by atoms with Gasteiger partial charge in [-0.3, -0.25) is 9.59 Å². The number of anilines is 2. The summed E-state index contributed by atoms with van der Waals surface area (Å²) in [5.74, 6) is -0.234. The molecule has 1 aliphatic rings. The van der Waals surface area contributed by atoms with E-state index < -0.39 is 0 Å². The first-order chi connectivity index (χ1) is 15.9. The number of rotatable bonds is 8. The smallest absolute Gasteiger partial charge is 0.264 e. The summed E-state index contributed by atoms with van der Waals surface area (Å²) in [5.41, 5.74) is 3.48. The number of carbonyl (C=O) groups excluding carboxylic acids is 2. The van der Waals surface area contributed by atoms with Crippen LogP contribution in [0.15, 0.2) is 60.0 Å². The van der Waals surface area contributed by atoms with Crippen molar-refractivity contribution in [1.82, 2.24) is 4.90 Å². The molecule has 0 spiro atoms. The lowest BCUT2D eigenvalue weighted by atomic mass is 9.85. The van der Waals surface area contributed by atoms with E-state index in [-0.39, 0.29) is 23.5 Å². The molecule has 3 aromatic rings. The van der Waals surface area contributed by atoms with Crippen LogP contribution in [0.25, 0.3) is 0 Å². The summed E-state index contributed by atoms with van der Waals surface area (Å²) in [4.78, 5) is 30.2. The number of amides is 2.